The van der Waals surface area contributed by atoms with Crippen LogP contribution in [0.4, 0.5) is 0 Å². The standard InChI is InChI=1S/C10H13NO4S/c1-3-10(11(12)13)16(14,15)9-6-4-8(2)5-7-9/h4-7,10H,3H2,1-2H3/t10-/m1/s1. The molecule has 0 saturated heterocycles. The largest absolute Gasteiger partial charge is 0.314 e. The van der Waals surface area contributed by atoms with E-state index < -0.39 is 20.1 Å². The molecule has 0 radical (unpaired) electrons. The molecule has 1 aromatic rings. The minimum Gasteiger partial charge on any atom is -0.263 e. The first kappa shape index (κ1) is 12.6. The van der Waals surface area contributed by atoms with Crippen molar-refractivity contribution in [2.24, 2.45) is 0 Å². The van der Waals surface area contributed by atoms with Crippen LogP contribution in [0.1, 0.15) is 18.9 Å². The summed E-state index contributed by atoms with van der Waals surface area (Å²) in [6.07, 6.45) is -0.0385. The van der Waals surface area contributed by atoms with Crippen LogP contribution < -0.4 is 0 Å². The van der Waals surface area contributed by atoms with Crippen LogP contribution in [-0.4, -0.2) is 18.7 Å². The first-order chi connectivity index (χ1) is 7.39. The van der Waals surface area contributed by atoms with Crippen LogP contribution in [0.15, 0.2) is 29.2 Å². The van der Waals surface area contributed by atoms with Crippen LogP contribution in [0.3, 0.4) is 0 Å². The van der Waals surface area contributed by atoms with Crippen molar-refractivity contribution in [2.75, 3.05) is 0 Å². The Morgan fingerprint density at radius 1 is 1.31 bits per heavy atom. The fourth-order valence-electron chi connectivity index (χ4n) is 1.37. The Morgan fingerprint density at radius 3 is 2.19 bits per heavy atom. The first-order valence-corrected chi connectivity index (χ1v) is 6.38. The summed E-state index contributed by atoms with van der Waals surface area (Å²) in [5, 5.41) is 9.08. The molecule has 0 fully saturated rings. The van der Waals surface area contributed by atoms with E-state index in [-0.39, 0.29) is 11.3 Å². The molecule has 0 bridgehead atoms. The van der Waals surface area contributed by atoms with Crippen molar-refractivity contribution < 1.29 is 13.3 Å². The lowest BCUT2D eigenvalue weighted by Crippen LogP contribution is -2.28. The van der Waals surface area contributed by atoms with Gasteiger partial charge in [-0.2, -0.15) is 0 Å². The minimum atomic E-state index is -3.87. The van der Waals surface area contributed by atoms with Gasteiger partial charge in [0.25, 0.3) is 0 Å². The highest BCUT2D eigenvalue weighted by Crippen LogP contribution is 2.19. The van der Waals surface area contributed by atoms with Crippen LogP contribution in [0.2, 0.25) is 0 Å². The third kappa shape index (κ3) is 2.38. The highest BCUT2D eigenvalue weighted by Gasteiger charge is 2.35. The number of benzene rings is 1. The Hall–Kier alpha value is -1.43. The van der Waals surface area contributed by atoms with Crippen molar-refractivity contribution in [3.8, 4) is 0 Å². The van der Waals surface area contributed by atoms with Gasteiger partial charge in [-0.05, 0) is 19.1 Å². The lowest BCUT2D eigenvalue weighted by atomic mass is 10.2. The molecule has 0 aliphatic carbocycles. The molecule has 0 aromatic heterocycles. The lowest BCUT2D eigenvalue weighted by molar-refractivity contribution is -0.497. The Morgan fingerprint density at radius 2 is 1.81 bits per heavy atom. The molecule has 0 aliphatic rings. The maximum absolute atomic E-state index is 11.9. The summed E-state index contributed by atoms with van der Waals surface area (Å²) >= 11 is 0. The summed E-state index contributed by atoms with van der Waals surface area (Å²) in [6, 6.07) is 6.05. The molecular weight excluding hydrogens is 230 g/mol. The van der Waals surface area contributed by atoms with Gasteiger partial charge in [0.15, 0.2) is 0 Å². The highest BCUT2D eigenvalue weighted by atomic mass is 32.2. The number of aryl methyl sites for hydroxylation is 1. The smallest absolute Gasteiger partial charge is 0.263 e. The van der Waals surface area contributed by atoms with Gasteiger partial charge in [0.1, 0.15) is 0 Å². The topological polar surface area (TPSA) is 77.3 Å². The monoisotopic (exact) mass is 243 g/mol. The van der Waals surface area contributed by atoms with Gasteiger partial charge in [0, 0.05) is 11.3 Å². The molecule has 1 aromatic carbocycles. The van der Waals surface area contributed by atoms with E-state index in [0.29, 0.717) is 0 Å². The Bertz CT molecular complexity index is 478. The molecule has 0 unspecified atom stereocenters. The summed E-state index contributed by atoms with van der Waals surface area (Å²) in [5.74, 6) is 0. The Labute approximate surface area is 94.2 Å². The van der Waals surface area contributed by atoms with Gasteiger partial charge in [0.05, 0.1) is 4.90 Å². The van der Waals surface area contributed by atoms with Crippen LogP contribution in [-0.2, 0) is 9.84 Å². The van der Waals surface area contributed by atoms with Gasteiger partial charge >= 0.3 is 5.37 Å². The SMILES string of the molecule is CC[C@H]([N+](=O)[O-])S(=O)(=O)c1ccc(C)cc1. The summed E-state index contributed by atoms with van der Waals surface area (Å²) in [5.41, 5.74) is 0.910. The summed E-state index contributed by atoms with van der Waals surface area (Å²) in [7, 11) is -3.87. The number of nitrogens with zero attached hydrogens (tertiary/aromatic N) is 1. The second-order valence-corrected chi connectivity index (χ2v) is 5.61. The zero-order valence-corrected chi connectivity index (χ0v) is 9.90. The predicted molar refractivity (Wildman–Crippen MR) is 59.4 cm³/mol. The molecule has 88 valence electrons. The van der Waals surface area contributed by atoms with E-state index in [1.54, 1.807) is 12.1 Å². The molecule has 0 N–H and O–H groups in total. The van der Waals surface area contributed by atoms with E-state index >= 15 is 0 Å². The molecule has 0 aliphatic heterocycles. The molecule has 6 heteroatoms. The maximum atomic E-state index is 11.9. The Kier molecular flexibility index (Phi) is 3.64. The average molecular weight is 243 g/mol. The number of rotatable bonds is 4. The number of hydrogen-bond donors (Lipinski definition) is 0. The zero-order valence-electron chi connectivity index (χ0n) is 9.08. The van der Waals surface area contributed by atoms with Crippen molar-refractivity contribution in [1.82, 2.24) is 0 Å². The summed E-state index contributed by atoms with van der Waals surface area (Å²) in [4.78, 5) is 9.89. The number of nitro groups is 1. The van der Waals surface area contributed by atoms with Crippen LogP contribution in [0.5, 0.6) is 0 Å². The second-order valence-electron chi connectivity index (χ2n) is 3.51. The van der Waals surface area contributed by atoms with E-state index in [2.05, 4.69) is 0 Å². The molecule has 5 nitrogen and oxygen atoms in total. The van der Waals surface area contributed by atoms with Gasteiger partial charge in [-0.25, -0.2) is 8.42 Å². The van der Waals surface area contributed by atoms with E-state index in [9.17, 15) is 18.5 Å². The first-order valence-electron chi connectivity index (χ1n) is 4.83. The normalized spacial score (nSPS) is 13.4. The van der Waals surface area contributed by atoms with Gasteiger partial charge in [0.2, 0.25) is 9.84 Å². The molecule has 0 spiro atoms. The zero-order chi connectivity index (χ0) is 12.3. The fourth-order valence-corrected chi connectivity index (χ4v) is 2.86. The van der Waals surface area contributed by atoms with Crippen LogP contribution in [0.25, 0.3) is 0 Å². The van der Waals surface area contributed by atoms with Crippen LogP contribution >= 0.6 is 0 Å². The van der Waals surface area contributed by atoms with Crippen molar-refractivity contribution >= 4 is 9.84 Å². The van der Waals surface area contributed by atoms with Gasteiger partial charge < -0.3 is 0 Å². The van der Waals surface area contributed by atoms with E-state index in [4.69, 9.17) is 0 Å². The minimum absolute atomic E-state index is 0.00153. The highest BCUT2D eigenvalue weighted by molar-refractivity contribution is 7.91. The molecule has 16 heavy (non-hydrogen) atoms. The quantitative estimate of drug-likeness (QED) is 0.596. The number of sulfone groups is 1. The molecule has 0 saturated carbocycles. The molecular formula is C10H13NO4S. The third-order valence-corrected chi connectivity index (χ3v) is 4.44. The van der Waals surface area contributed by atoms with Gasteiger partial charge in [-0.15, -0.1) is 0 Å². The summed E-state index contributed by atoms with van der Waals surface area (Å²) in [6.45, 7) is 3.31. The van der Waals surface area contributed by atoms with Crippen molar-refractivity contribution in [1.29, 1.82) is 0 Å². The van der Waals surface area contributed by atoms with Crippen LogP contribution in [0, 0.1) is 17.0 Å². The predicted octanol–water partition coefficient (Wildman–Crippen LogP) is 1.78. The van der Waals surface area contributed by atoms with Gasteiger partial charge in [-0.3, -0.25) is 10.1 Å². The van der Waals surface area contributed by atoms with Crippen molar-refractivity contribution in [3.63, 3.8) is 0 Å². The Balaban J connectivity index is 3.20. The fraction of sp³-hybridized carbons (Fsp3) is 0.400. The molecule has 1 atom stereocenters. The van der Waals surface area contributed by atoms with E-state index in [1.807, 2.05) is 6.92 Å². The number of hydrogen-bond acceptors (Lipinski definition) is 4. The molecule has 1 rings (SSSR count). The molecule has 0 amide bonds. The second kappa shape index (κ2) is 4.61. The van der Waals surface area contributed by atoms with Crippen molar-refractivity contribution in [2.45, 2.75) is 30.5 Å². The maximum Gasteiger partial charge on any atom is 0.314 e. The average Bonchev–Trinajstić information content (AvgIpc) is 2.18. The third-order valence-electron chi connectivity index (χ3n) is 2.29. The summed E-state index contributed by atoms with van der Waals surface area (Å²) < 4.78 is 23.7. The van der Waals surface area contributed by atoms with Crippen molar-refractivity contribution in [3.05, 3.63) is 39.9 Å². The lowest BCUT2D eigenvalue weighted by Gasteiger charge is -2.08. The van der Waals surface area contributed by atoms with E-state index in [0.717, 1.165) is 5.56 Å². The van der Waals surface area contributed by atoms with Gasteiger partial charge in [-0.1, -0.05) is 24.6 Å². The molecule has 0 heterocycles. The van der Waals surface area contributed by atoms with E-state index in [1.165, 1.54) is 19.1 Å².